The summed E-state index contributed by atoms with van der Waals surface area (Å²) in [6.45, 7) is 0. The topological polar surface area (TPSA) is 13.0 Å². The maximum Gasteiger partial charge on any atom is 3.00 e. The predicted octanol–water partition coefficient (Wildman–Crippen LogP) is 6.64. The average molecular weight is 540 g/mol. The van der Waals surface area contributed by atoms with E-state index in [0.717, 1.165) is 17.1 Å². The quantitative estimate of drug-likeness (QED) is 0.255. The minimum Gasteiger partial charge on any atom is -0.399 e. The number of hydrogen-bond acceptors (Lipinski definition) is 4. The number of anilines is 6. The number of nitrogens with zero attached hydrogens (tertiary/aromatic N) is 4. The Hall–Kier alpha value is -2.82. The van der Waals surface area contributed by atoms with Gasteiger partial charge in [-0.2, -0.15) is 36.4 Å². The molecular formula is C30H34N4Y+. The molecule has 4 aromatic rings. The first-order valence-corrected chi connectivity index (χ1v) is 11.3. The zero-order valence-electron chi connectivity index (χ0n) is 21.6. The summed E-state index contributed by atoms with van der Waals surface area (Å²) in [6, 6.07) is 39.2. The molecule has 0 amide bonds. The second-order valence-electron chi connectivity index (χ2n) is 8.57. The Morgan fingerprint density at radius 2 is 0.600 bits per heavy atom. The molecular weight excluding hydrogens is 505 g/mol. The Morgan fingerprint density at radius 1 is 0.371 bits per heavy atom. The van der Waals surface area contributed by atoms with Gasteiger partial charge in [0, 0.05) is 65.0 Å². The third-order valence-electron chi connectivity index (χ3n) is 5.42. The Labute approximate surface area is 236 Å². The average Bonchev–Trinajstić information content (AvgIpc) is 2.86. The van der Waals surface area contributed by atoms with Crippen molar-refractivity contribution in [1.29, 1.82) is 0 Å². The molecule has 35 heavy (non-hydrogen) atoms. The summed E-state index contributed by atoms with van der Waals surface area (Å²) in [5, 5.41) is 0. The fraction of sp³-hybridized carbons (Fsp3) is 0.200. The normalized spacial score (nSPS) is 9.77. The van der Waals surface area contributed by atoms with Crippen LogP contribution in [0.5, 0.6) is 0 Å². The zero-order valence-corrected chi connectivity index (χ0v) is 24.4. The summed E-state index contributed by atoms with van der Waals surface area (Å²) in [5.74, 6) is 0. The standard InChI is InChI=1S/C22H24N3.C8H10N.Y/c1-23(2)18-10-14-21(15-11-18)25(20-8-6-5-7-9-20)22-16-12-19(13-17-22)24(3)4;1-9(2)8-6-4-3-5-7-8;/h6-17H,1-4H3;4-7H,1-2H3;/q2*-1;+3. The molecule has 0 unspecified atom stereocenters. The minimum atomic E-state index is 0. The van der Waals surface area contributed by atoms with Crippen molar-refractivity contribution in [2.24, 2.45) is 0 Å². The second-order valence-corrected chi connectivity index (χ2v) is 8.57. The summed E-state index contributed by atoms with van der Waals surface area (Å²) in [4.78, 5) is 8.54. The van der Waals surface area contributed by atoms with Gasteiger partial charge in [0.1, 0.15) is 0 Å². The van der Waals surface area contributed by atoms with E-state index in [4.69, 9.17) is 0 Å². The predicted molar refractivity (Wildman–Crippen MR) is 148 cm³/mol. The van der Waals surface area contributed by atoms with Crippen molar-refractivity contribution >= 4 is 34.1 Å². The molecule has 4 rings (SSSR count). The van der Waals surface area contributed by atoms with Crippen molar-refractivity contribution < 1.29 is 32.7 Å². The zero-order chi connectivity index (χ0) is 24.5. The van der Waals surface area contributed by atoms with Gasteiger partial charge >= 0.3 is 32.7 Å². The minimum absolute atomic E-state index is 0. The van der Waals surface area contributed by atoms with Gasteiger partial charge in [0.05, 0.1) is 0 Å². The molecule has 0 heterocycles. The Morgan fingerprint density at radius 3 is 0.886 bits per heavy atom. The Balaban J connectivity index is 0.000000366. The van der Waals surface area contributed by atoms with Crippen LogP contribution in [0.2, 0.25) is 0 Å². The molecule has 0 saturated carbocycles. The third kappa shape index (κ3) is 8.12. The molecule has 5 heteroatoms. The van der Waals surface area contributed by atoms with Crippen LogP contribution in [0.3, 0.4) is 0 Å². The van der Waals surface area contributed by atoms with Crippen LogP contribution in [0, 0.1) is 12.1 Å². The van der Waals surface area contributed by atoms with Gasteiger partial charge < -0.3 is 19.6 Å². The largest absolute Gasteiger partial charge is 3.00 e. The summed E-state index contributed by atoms with van der Waals surface area (Å²) in [7, 11) is 12.3. The number of rotatable bonds is 6. The van der Waals surface area contributed by atoms with E-state index in [9.17, 15) is 0 Å². The molecule has 0 N–H and O–H groups in total. The van der Waals surface area contributed by atoms with Crippen molar-refractivity contribution in [3.63, 3.8) is 0 Å². The van der Waals surface area contributed by atoms with Crippen LogP contribution in [0.4, 0.5) is 34.1 Å². The fourth-order valence-corrected chi connectivity index (χ4v) is 3.45. The van der Waals surface area contributed by atoms with Crippen LogP contribution in [0.25, 0.3) is 0 Å². The van der Waals surface area contributed by atoms with Crippen molar-refractivity contribution in [2.75, 3.05) is 61.9 Å². The molecule has 0 aliphatic heterocycles. The molecule has 0 aromatic heterocycles. The molecule has 0 bridgehead atoms. The Bertz CT molecular complexity index is 1060. The molecule has 0 aliphatic carbocycles. The van der Waals surface area contributed by atoms with Crippen molar-refractivity contribution in [3.05, 3.63) is 109 Å². The van der Waals surface area contributed by atoms with Gasteiger partial charge in [-0.05, 0) is 48.5 Å². The van der Waals surface area contributed by atoms with Crippen LogP contribution < -0.4 is 19.6 Å². The first-order chi connectivity index (χ1) is 16.4. The summed E-state index contributed by atoms with van der Waals surface area (Å²) in [6.07, 6.45) is 0. The molecule has 0 radical (unpaired) electrons. The van der Waals surface area contributed by atoms with E-state index >= 15 is 0 Å². The first-order valence-electron chi connectivity index (χ1n) is 11.3. The smallest absolute Gasteiger partial charge is 0.399 e. The van der Waals surface area contributed by atoms with Crippen molar-refractivity contribution in [3.8, 4) is 0 Å². The third-order valence-corrected chi connectivity index (χ3v) is 5.42. The molecule has 4 aromatic carbocycles. The van der Waals surface area contributed by atoms with Crippen LogP contribution in [0.1, 0.15) is 0 Å². The van der Waals surface area contributed by atoms with Gasteiger partial charge in [-0.1, -0.05) is 11.4 Å². The van der Waals surface area contributed by atoms with Gasteiger partial charge in [0.25, 0.3) is 0 Å². The van der Waals surface area contributed by atoms with Crippen molar-refractivity contribution in [2.45, 2.75) is 0 Å². The van der Waals surface area contributed by atoms with E-state index in [1.807, 2.05) is 50.5 Å². The molecule has 0 fully saturated rings. The van der Waals surface area contributed by atoms with E-state index in [1.54, 1.807) is 0 Å². The second kappa shape index (κ2) is 13.9. The van der Waals surface area contributed by atoms with Crippen molar-refractivity contribution in [1.82, 2.24) is 0 Å². The summed E-state index contributed by atoms with van der Waals surface area (Å²) >= 11 is 0. The van der Waals surface area contributed by atoms with E-state index in [1.165, 1.54) is 17.1 Å². The maximum absolute atomic E-state index is 3.10. The first kappa shape index (κ1) is 28.4. The van der Waals surface area contributed by atoms with Crippen LogP contribution >= 0.6 is 0 Å². The van der Waals surface area contributed by atoms with Crippen LogP contribution in [-0.4, -0.2) is 42.3 Å². The van der Waals surface area contributed by atoms with E-state index in [0.29, 0.717) is 0 Å². The molecule has 0 aliphatic rings. The number of benzene rings is 4. The van der Waals surface area contributed by atoms with Gasteiger partial charge in [-0.15, -0.1) is 24.3 Å². The van der Waals surface area contributed by atoms with Crippen LogP contribution in [-0.2, 0) is 32.7 Å². The van der Waals surface area contributed by atoms with E-state index < -0.39 is 0 Å². The SMILES string of the molecule is CN(C)c1cc[c-]cc1.CN(C)c1ccc(N(c2cc[c-]cc2)c2ccc(N(C)C)cc2)cc1.[Y+3]. The van der Waals surface area contributed by atoms with E-state index in [2.05, 4.69) is 121 Å². The van der Waals surface area contributed by atoms with Gasteiger partial charge in [0.15, 0.2) is 0 Å². The monoisotopic (exact) mass is 539 g/mol. The fourth-order valence-electron chi connectivity index (χ4n) is 3.45. The Kier molecular flexibility index (Phi) is 11.3. The summed E-state index contributed by atoms with van der Waals surface area (Å²) in [5.41, 5.74) is 6.98. The van der Waals surface area contributed by atoms with Gasteiger partial charge in [0.2, 0.25) is 0 Å². The van der Waals surface area contributed by atoms with Gasteiger partial charge in [-0.25, -0.2) is 0 Å². The molecule has 0 saturated heterocycles. The molecule has 4 nitrogen and oxygen atoms in total. The van der Waals surface area contributed by atoms with E-state index in [-0.39, 0.29) is 32.7 Å². The van der Waals surface area contributed by atoms with Gasteiger partial charge in [-0.3, -0.25) is 0 Å². The molecule has 176 valence electrons. The van der Waals surface area contributed by atoms with Crippen LogP contribution in [0.15, 0.2) is 97.1 Å². The molecule has 0 spiro atoms. The maximum atomic E-state index is 3.10. The number of hydrogen-bond donors (Lipinski definition) is 0. The summed E-state index contributed by atoms with van der Waals surface area (Å²) < 4.78 is 0. The molecule has 0 atom stereocenters.